The normalized spacial score (nSPS) is 21.1. The van der Waals surface area contributed by atoms with E-state index in [-0.39, 0.29) is 17.8 Å². The molecule has 104 valence electrons. The van der Waals surface area contributed by atoms with Crippen LogP contribution in [0.2, 0.25) is 0 Å². The molecular weight excluding hydrogens is 262 g/mol. The zero-order valence-corrected chi connectivity index (χ0v) is 12.5. The molecular formula is C14H19NO3S. The second kappa shape index (κ2) is 5.33. The topological polar surface area (TPSA) is 55.4 Å². The van der Waals surface area contributed by atoms with Crippen LogP contribution in [0.3, 0.4) is 0 Å². The molecule has 1 aliphatic rings. The maximum absolute atomic E-state index is 12.0. The maximum atomic E-state index is 12.0. The van der Waals surface area contributed by atoms with Crippen molar-refractivity contribution in [3.8, 4) is 0 Å². The number of anilines is 1. The Morgan fingerprint density at radius 3 is 2.58 bits per heavy atom. The van der Waals surface area contributed by atoms with Crippen LogP contribution in [0.15, 0.2) is 0 Å². The standard InChI is InChI=1S/C14H19NO3S/c1-5-18-14(17)11-8(3)9(4)19-13(11)15-12(16)10-6-7(10)2/h7,10H,5-6H2,1-4H3,(H,15,16)/t7-,10-/m0/s1. The van der Waals surface area contributed by atoms with Crippen LogP contribution in [0.1, 0.15) is 41.1 Å². The van der Waals surface area contributed by atoms with E-state index in [4.69, 9.17) is 4.74 Å². The molecule has 19 heavy (non-hydrogen) atoms. The lowest BCUT2D eigenvalue weighted by atomic mass is 10.1. The molecule has 0 bridgehead atoms. The van der Waals surface area contributed by atoms with Crippen molar-refractivity contribution in [2.45, 2.75) is 34.1 Å². The SMILES string of the molecule is CCOC(=O)c1c(NC(=O)[C@H]2C[C@@H]2C)sc(C)c1C. The first-order chi connectivity index (χ1) is 8.95. The van der Waals surface area contributed by atoms with Crippen molar-refractivity contribution in [1.82, 2.24) is 0 Å². The molecule has 1 amide bonds. The molecule has 0 saturated heterocycles. The molecule has 5 heteroatoms. The minimum Gasteiger partial charge on any atom is -0.462 e. The van der Waals surface area contributed by atoms with Crippen molar-refractivity contribution in [3.05, 3.63) is 16.0 Å². The maximum Gasteiger partial charge on any atom is 0.341 e. The number of carbonyl (C=O) groups excluding carboxylic acids is 2. The van der Waals surface area contributed by atoms with Gasteiger partial charge in [0.1, 0.15) is 5.00 Å². The van der Waals surface area contributed by atoms with Crippen molar-refractivity contribution in [1.29, 1.82) is 0 Å². The van der Waals surface area contributed by atoms with Crippen LogP contribution in [-0.4, -0.2) is 18.5 Å². The van der Waals surface area contributed by atoms with Gasteiger partial charge in [-0.1, -0.05) is 6.92 Å². The summed E-state index contributed by atoms with van der Waals surface area (Å²) in [6.07, 6.45) is 0.934. The average Bonchev–Trinajstić information content (AvgIpc) is 2.99. The summed E-state index contributed by atoms with van der Waals surface area (Å²) < 4.78 is 5.06. The third-order valence-electron chi connectivity index (χ3n) is 3.55. The van der Waals surface area contributed by atoms with E-state index < -0.39 is 0 Å². The van der Waals surface area contributed by atoms with Gasteiger partial charge >= 0.3 is 5.97 Å². The lowest BCUT2D eigenvalue weighted by Crippen LogP contribution is -2.16. The van der Waals surface area contributed by atoms with Crippen LogP contribution >= 0.6 is 11.3 Å². The van der Waals surface area contributed by atoms with E-state index in [1.165, 1.54) is 11.3 Å². The van der Waals surface area contributed by atoms with E-state index in [1.807, 2.05) is 13.8 Å². The van der Waals surface area contributed by atoms with Gasteiger partial charge in [0.15, 0.2) is 0 Å². The van der Waals surface area contributed by atoms with Gasteiger partial charge in [-0.05, 0) is 38.7 Å². The summed E-state index contributed by atoms with van der Waals surface area (Å²) in [4.78, 5) is 25.0. The van der Waals surface area contributed by atoms with Crippen molar-refractivity contribution in [2.24, 2.45) is 11.8 Å². The third kappa shape index (κ3) is 2.81. The Morgan fingerprint density at radius 1 is 1.42 bits per heavy atom. The Labute approximate surface area is 117 Å². The molecule has 0 unspecified atom stereocenters. The highest BCUT2D eigenvalue weighted by Gasteiger charge is 2.39. The molecule has 2 atom stereocenters. The Balaban J connectivity index is 2.22. The molecule has 0 spiro atoms. The highest BCUT2D eigenvalue weighted by molar-refractivity contribution is 7.16. The van der Waals surface area contributed by atoms with Crippen LogP contribution in [0.25, 0.3) is 0 Å². The number of ether oxygens (including phenoxy) is 1. The number of hydrogen-bond acceptors (Lipinski definition) is 4. The number of amides is 1. The van der Waals surface area contributed by atoms with Crippen LogP contribution in [0.4, 0.5) is 5.00 Å². The summed E-state index contributed by atoms with van der Waals surface area (Å²) in [5.41, 5.74) is 1.40. The first-order valence-electron chi connectivity index (χ1n) is 6.53. The molecule has 4 nitrogen and oxygen atoms in total. The van der Waals surface area contributed by atoms with Crippen molar-refractivity contribution < 1.29 is 14.3 Å². The van der Waals surface area contributed by atoms with Gasteiger partial charge in [-0.3, -0.25) is 4.79 Å². The predicted octanol–water partition coefficient (Wildman–Crippen LogP) is 3.14. The van der Waals surface area contributed by atoms with Gasteiger partial charge in [0, 0.05) is 10.8 Å². The van der Waals surface area contributed by atoms with Gasteiger partial charge in [0.05, 0.1) is 12.2 Å². The number of nitrogens with one attached hydrogen (secondary N) is 1. The summed E-state index contributed by atoms with van der Waals surface area (Å²) in [6.45, 7) is 7.99. The fourth-order valence-corrected chi connectivity index (χ4v) is 3.11. The van der Waals surface area contributed by atoms with E-state index in [9.17, 15) is 9.59 Å². The number of thiophene rings is 1. The molecule has 0 aromatic carbocycles. The monoisotopic (exact) mass is 281 g/mol. The van der Waals surface area contributed by atoms with Crippen LogP contribution in [-0.2, 0) is 9.53 Å². The molecule has 1 aromatic heterocycles. The third-order valence-corrected chi connectivity index (χ3v) is 4.67. The number of esters is 1. The number of hydrogen-bond donors (Lipinski definition) is 1. The zero-order chi connectivity index (χ0) is 14.2. The predicted molar refractivity (Wildman–Crippen MR) is 75.7 cm³/mol. The second-order valence-corrected chi connectivity index (χ2v) is 6.24. The van der Waals surface area contributed by atoms with Gasteiger partial charge < -0.3 is 10.1 Å². The van der Waals surface area contributed by atoms with Gasteiger partial charge in [0.2, 0.25) is 5.91 Å². The molecule has 1 aromatic rings. The van der Waals surface area contributed by atoms with Crippen molar-refractivity contribution in [3.63, 3.8) is 0 Å². The largest absolute Gasteiger partial charge is 0.462 e. The minimum atomic E-state index is -0.358. The molecule has 1 aliphatic carbocycles. The molecule has 1 N–H and O–H groups in total. The molecule has 1 saturated carbocycles. The Morgan fingerprint density at radius 2 is 2.05 bits per heavy atom. The van der Waals surface area contributed by atoms with Crippen molar-refractivity contribution >= 4 is 28.2 Å². The summed E-state index contributed by atoms with van der Waals surface area (Å²) in [5, 5.41) is 3.51. The smallest absolute Gasteiger partial charge is 0.341 e. The van der Waals surface area contributed by atoms with Gasteiger partial charge in [-0.25, -0.2) is 4.79 Å². The quantitative estimate of drug-likeness (QED) is 0.863. The van der Waals surface area contributed by atoms with E-state index in [2.05, 4.69) is 12.2 Å². The van der Waals surface area contributed by atoms with E-state index in [0.29, 0.717) is 23.1 Å². The summed E-state index contributed by atoms with van der Waals surface area (Å²) in [6, 6.07) is 0. The van der Waals surface area contributed by atoms with E-state index in [0.717, 1.165) is 16.9 Å². The molecule has 1 fully saturated rings. The van der Waals surface area contributed by atoms with Crippen LogP contribution in [0.5, 0.6) is 0 Å². The van der Waals surface area contributed by atoms with E-state index >= 15 is 0 Å². The van der Waals surface area contributed by atoms with Gasteiger partial charge in [0.25, 0.3) is 0 Å². The van der Waals surface area contributed by atoms with Gasteiger partial charge in [-0.15, -0.1) is 11.3 Å². The summed E-state index contributed by atoms with van der Waals surface area (Å²) in [5.74, 6) is 0.203. The fourth-order valence-electron chi connectivity index (χ4n) is 2.06. The first-order valence-corrected chi connectivity index (χ1v) is 7.35. The highest BCUT2D eigenvalue weighted by atomic mass is 32.1. The molecule has 0 aliphatic heterocycles. The lowest BCUT2D eigenvalue weighted by Gasteiger charge is -2.06. The van der Waals surface area contributed by atoms with Gasteiger partial charge in [-0.2, -0.15) is 0 Å². The highest BCUT2D eigenvalue weighted by Crippen LogP contribution is 2.40. The zero-order valence-electron chi connectivity index (χ0n) is 11.7. The number of aryl methyl sites for hydroxylation is 1. The minimum absolute atomic E-state index is 0.0132. The first kappa shape index (κ1) is 14.1. The van der Waals surface area contributed by atoms with Crippen LogP contribution < -0.4 is 5.32 Å². The number of rotatable bonds is 4. The fraction of sp³-hybridized carbons (Fsp3) is 0.571. The van der Waals surface area contributed by atoms with Crippen LogP contribution in [0, 0.1) is 25.7 Å². The Bertz CT molecular complexity index is 521. The Kier molecular flexibility index (Phi) is 3.94. The lowest BCUT2D eigenvalue weighted by molar-refractivity contribution is -0.117. The number of carbonyl (C=O) groups is 2. The molecule has 1 heterocycles. The summed E-state index contributed by atoms with van der Waals surface area (Å²) >= 11 is 1.44. The summed E-state index contributed by atoms with van der Waals surface area (Å²) in [7, 11) is 0. The molecule has 2 rings (SSSR count). The average molecular weight is 281 g/mol. The molecule has 0 radical (unpaired) electrons. The van der Waals surface area contributed by atoms with E-state index in [1.54, 1.807) is 6.92 Å². The Hall–Kier alpha value is -1.36. The van der Waals surface area contributed by atoms with Crippen molar-refractivity contribution in [2.75, 3.05) is 11.9 Å². The second-order valence-electron chi connectivity index (χ2n) is 5.02.